The van der Waals surface area contributed by atoms with Crippen molar-refractivity contribution in [1.82, 2.24) is 0 Å². The van der Waals surface area contributed by atoms with Crippen molar-refractivity contribution in [3.63, 3.8) is 0 Å². The second-order valence-electron chi connectivity index (χ2n) is 4.87. The zero-order chi connectivity index (χ0) is 14.8. The lowest BCUT2D eigenvalue weighted by Crippen LogP contribution is -2.18. The average Bonchev–Trinajstić information content (AvgIpc) is 2.68. The standard InChI is InChI=1S/C14H17NO4S/c1-10-3-4-13(19-2)12(7-10)15-14(16)8-11-5-6-20(17,18)9-11/h3-7,11H,8-9H2,1-2H3,(H,15,16). The largest absolute Gasteiger partial charge is 0.495 e. The fourth-order valence-corrected chi connectivity index (χ4v) is 3.52. The number of aryl methyl sites for hydroxylation is 1. The van der Waals surface area contributed by atoms with E-state index < -0.39 is 9.84 Å². The van der Waals surface area contributed by atoms with E-state index in [0.717, 1.165) is 5.56 Å². The molecule has 0 radical (unpaired) electrons. The Labute approximate surface area is 118 Å². The molecule has 1 atom stereocenters. The molecule has 108 valence electrons. The minimum atomic E-state index is -3.12. The van der Waals surface area contributed by atoms with Gasteiger partial charge in [-0.3, -0.25) is 4.79 Å². The highest BCUT2D eigenvalue weighted by Gasteiger charge is 2.24. The van der Waals surface area contributed by atoms with Crippen LogP contribution in [0.15, 0.2) is 29.7 Å². The third-order valence-electron chi connectivity index (χ3n) is 3.08. The predicted octanol–water partition coefficient (Wildman–Crippen LogP) is 1.89. The highest BCUT2D eigenvalue weighted by atomic mass is 32.2. The van der Waals surface area contributed by atoms with Gasteiger partial charge in [0.2, 0.25) is 5.91 Å². The van der Waals surface area contributed by atoms with Crippen molar-refractivity contribution in [3.05, 3.63) is 35.2 Å². The van der Waals surface area contributed by atoms with Gasteiger partial charge in [-0.1, -0.05) is 12.1 Å². The number of carbonyl (C=O) groups is 1. The first-order chi connectivity index (χ1) is 9.39. The van der Waals surface area contributed by atoms with E-state index in [9.17, 15) is 13.2 Å². The summed E-state index contributed by atoms with van der Waals surface area (Å²) in [4.78, 5) is 12.0. The number of ether oxygens (including phenoxy) is 1. The first-order valence-electron chi connectivity index (χ1n) is 6.25. The minimum absolute atomic E-state index is 0.00533. The van der Waals surface area contributed by atoms with E-state index in [1.807, 2.05) is 19.1 Å². The van der Waals surface area contributed by atoms with Crippen LogP contribution < -0.4 is 10.1 Å². The maximum absolute atomic E-state index is 12.0. The summed E-state index contributed by atoms with van der Waals surface area (Å²) >= 11 is 0. The van der Waals surface area contributed by atoms with Crippen molar-refractivity contribution >= 4 is 21.4 Å². The number of nitrogens with one attached hydrogen (secondary N) is 1. The highest BCUT2D eigenvalue weighted by molar-refractivity contribution is 7.94. The third kappa shape index (κ3) is 3.60. The highest BCUT2D eigenvalue weighted by Crippen LogP contribution is 2.26. The van der Waals surface area contributed by atoms with Crippen LogP contribution in [0.2, 0.25) is 0 Å². The van der Waals surface area contributed by atoms with Crippen molar-refractivity contribution < 1.29 is 17.9 Å². The Morgan fingerprint density at radius 1 is 1.45 bits per heavy atom. The van der Waals surface area contributed by atoms with Crippen molar-refractivity contribution in [3.8, 4) is 5.75 Å². The zero-order valence-electron chi connectivity index (χ0n) is 11.4. The van der Waals surface area contributed by atoms with Crippen molar-refractivity contribution in [2.75, 3.05) is 18.2 Å². The Bertz CT molecular complexity index is 649. The molecular weight excluding hydrogens is 278 g/mol. The van der Waals surface area contributed by atoms with Gasteiger partial charge in [0.05, 0.1) is 18.6 Å². The molecule has 6 heteroatoms. The molecule has 1 heterocycles. The topological polar surface area (TPSA) is 72.5 Å². The summed E-state index contributed by atoms with van der Waals surface area (Å²) in [5, 5.41) is 3.94. The number of sulfone groups is 1. The molecular formula is C14H17NO4S. The molecule has 0 spiro atoms. The Hall–Kier alpha value is -1.82. The number of hydrogen-bond acceptors (Lipinski definition) is 4. The Morgan fingerprint density at radius 3 is 2.80 bits per heavy atom. The van der Waals surface area contributed by atoms with Gasteiger partial charge in [-0.05, 0) is 24.6 Å². The Kier molecular flexibility index (Phi) is 4.13. The lowest BCUT2D eigenvalue weighted by Gasteiger charge is -2.12. The molecule has 1 N–H and O–H groups in total. The summed E-state index contributed by atoms with van der Waals surface area (Å²) in [6, 6.07) is 5.49. The molecule has 0 fully saturated rings. The van der Waals surface area contributed by atoms with Gasteiger partial charge in [0.25, 0.3) is 0 Å². The Morgan fingerprint density at radius 2 is 2.20 bits per heavy atom. The van der Waals surface area contributed by atoms with Gasteiger partial charge < -0.3 is 10.1 Å². The van der Waals surface area contributed by atoms with E-state index in [2.05, 4.69) is 5.32 Å². The molecule has 0 bridgehead atoms. The summed E-state index contributed by atoms with van der Waals surface area (Å²) in [6.45, 7) is 1.92. The van der Waals surface area contributed by atoms with E-state index >= 15 is 0 Å². The molecule has 1 aromatic carbocycles. The number of carbonyl (C=O) groups excluding carboxylic acids is 1. The fourth-order valence-electron chi connectivity index (χ4n) is 2.13. The summed E-state index contributed by atoms with van der Waals surface area (Å²) < 4.78 is 27.8. The first-order valence-corrected chi connectivity index (χ1v) is 7.96. The van der Waals surface area contributed by atoms with Crippen LogP contribution in [0.25, 0.3) is 0 Å². The number of allylic oxidation sites excluding steroid dienone is 1. The second-order valence-corrected chi connectivity index (χ2v) is 6.81. The van der Waals surface area contributed by atoms with Gasteiger partial charge in [0, 0.05) is 17.7 Å². The van der Waals surface area contributed by atoms with E-state index in [-0.39, 0.29) is 24.0 Å². The SMILES string of the molecule is COc1ccc(C)cc1NC(=O)CC1C=CS(=O)(=O)C1. The van der Waals surface area contributed by atoms with Crippen LogP contribution in [0, 0.1) is 12.8 Å². The number of rotatable bonds is 4. The van der Waals surface area contributed by atoms with Gasteiger partial charge in [0.15, 0.2) is 9.84 Å². The normalized spacial score (nSPS) is 19.8. The summed E-state index contributed by atoms with van der Waals surface area (Å²) in [5.41, 5.74) is 1.60. The molecule has 20 heavy (non-hydrogen) atoms. The van der Waals surface area contributed by atoms with Crippen LogP contribution in [0.5, 0.6) is 5.75 Å². The molecule has 1 aliphatic heterocycles. The van der Waals surface area contributed by atoms with E-state index in [1.54, 1.807) is 12.1 Å². The number of benzene rings is 1. The average molecular weight is 295 g/mol. The zero-order valence-corrected chi connectivity index (χ0v) is 12.2. The fraction of sp³-hybridized carbons (Fsp3) is 0.357. The molecule has 1 aliphatic rings. The summed E-state index contributed by atoms with van der Waals surface area (Å²) in [6.07, 6.45) is 1.72. The van der Waals surface area contributed by atoms with Gasteiger partial charge in [-0.2, -0.15) is 0 Å². The third-order valence-corrected chi connectivity index (χ3v) is 4.55. The molecule has 0 aliphatic carbocycles. The maximum atomic E-state index is 12.0. The molecule has 2 rings (SSSR count). The van der Waals surface area contributed by atoms with Crippen molar-refractivity contribution in [2.24, 2.45) is 5.92 Å². The molecule has 1 unspecified atom stereocenters. The van der Waals surface area contributed by atoms with Crippen LogP contribution in [0.4, 0.5) is 5.69 Å². The molecule has 5 nitrogen and oxygen atoms in total. The number of anilines is 1. The lowest BCUT2D eigenvalue weighted by atomic mass is 10.1. The van der Waals surface area contributed by atoms with E-state index in [0.29, 0.717) is 11.4 Å². The number of amides is 1. The first kappa shape index (κ1) is 14.6. The summed E-state index contributed by atoms with van der Waals surface area (Å²) in [5.74, 6) is 0.112. The number of hydrogen-bond donors (Lipinski definition) is 1. The van der Waals surface area contributed by atoms with Gasteiger partial charge >= 0.3 is 0 Å². The molecule has 0 aromatic heterocycles. The van der Waals surface area contributed by atoms with Crippen molar-refractivity contribution in [1.29, 1.82) is 0 Å². The van der Waals surface area contributed by atoms with Crippen LogP contribution in [0.3, 0.4) is 0 Å². The van der Waals surface area contributed by atoms with Crippen molar-refractivity contribution in [2.45, 2.75) is 13.3 Å². The second kappa shape index (κ2) is 5.66. The van der Waals surface area contributed by atoms with Crippen LogP contribution in [-0.2, 0) is 14.6 Å². The van der Waals surface area contributed by atoms with Crippen LogP contribution >= 0.6 is 0 Å². The van der Waals surface area contributed by atoms with Gasteiger partial charge in [0.1, 0.15) is 5.75 Å². The smallest absolute Gasteiger partial charge is 0.225 e. The lowest BCUT2D eigenvalue weighted by molar-refractivity contribution is -0.116. The van der Waals surface area contributed by atoms with E-state index in [4.69, 9.17) is 4.74 Å². The van der Waals surface area contributed by atoms with Crippen LogP contribution in [-0.4, -0.2) is 27.2 Å². The minimum Gasteiger partial charge on any atom is -0.495 e. The van der Waals surface area contributed by atoms with E-state index in [1.165, 1.54) is 12.5 Å². The molecule has 1 aromatic rings. The predicted molar refractivity (Wildman–Crippen MR) is 77.4 cm³/mol. The monoisotopic (exact) mass is 295 g/mol. The molecule has 1 amide bonds. The summed E-state index contributed by atoms with van der Waals surface area (Å²) in [7, 11) is -1.58. The van der Waals surface area contributed by atoms with Gasteiger partial charge in [-0.15, -0.1) is 0 Å². The Balaban J connectivity index is 2.02. The molecule has 0 saturated carbocycles. The van der Waals surface area contributed by atoms with Crippen LogP contribution in [0.1, 0.15) is 12.0 Å². The molecule has 0 saturated heterocycles. The van der Waals surface area contributed by atoms with Gasteiger partial charge in [-0.25, -0.2) is 8.42 Å². The number of methoxy groups -OCH3 is 1. The quantitative estimate of drug-likeness (QED) is 0.920. The maximum Gasteiger partial charge on any atom is 0.225 e.